The number of hydrogen-bond donors (Lipinski definition) is 2. The summed E-state index contributed by atoms with van der Waals surface area (Å²) in [5, 5.41) is 0.355. The van der Waals surface area contributed by atoms with E-state index in [2.05, 4.69) is 4.98 Å². The van der Waals surface area contributed by atoms with Crippen molar-refractivity contribution in [3.05, 3.63) is 15.5 Å². The standard InChI is InChI=1S/C6H8ClN3OS/c7-6-5(12-2-10-6)3(8)1-4(9)11/h2-3H,1,8H2,(H2,9,11). The van der Waals surface area contributed by atoms with Crippen molar-refractivity contribution in [2.45, 2.75) is 12.5 Å². The molecule has 0 saturated heterocycles. The summed E-state index contributed by atoms with van der Waals surface area (Å²) in [6.07, 6.45) is 0.0991. The van der Waals surface area contributed by atoms with E-state index in [9.17, 15) is 4.79 Å². The highest BCUT2D eigenvalue weighted by Gasteiger charge is 2.14. The van der Waals surface area contributed by atoms with Crippen LogP contribution < -0.4 is 11.5 Å². The summed E-state index contributed by atoms with van der Waals surface area (Å²) >= 11 is 7.01. The Morgan fingerprint density at radius 3 is 2.92 bits per heavy atom. The Balaban J connectivity index is 2.71. The summed E-state index contributed by atoms with van der Waals surface area (Å²) in [5.41, 5.74) is 12.2. The van der Waals surface area contributed by atoms with Crippen molar-refractivity contribution < 1.29 is 4.79 Å². The van der Waals surface area contributed by atoms with Crippen molar-refractivity contribution in [1.29, 1.82) is 0 Å². The second-order valence-corrected chi connectivity index (χ2v) is 3.53. The molecule has 1 aromatic rings. The minimum atomic E-state index is -0.438. The van der Waals surface area contributed by atoms with Crippen LogP contribution in [0.15, 0.2) is 5.51 Å². The number of carbonyl (C=O) groups is 1. The molecule has 66 valence electrons. The maximum atomic E-state index is 10.5. The van der Waals surface area contributed by atoms with Gasteiger partial charge in [-0.1, -0.05) is 11.6 Å². The van der Waals surface area contributed by atoms with Gasteiger partial charge in [-0.05, 0) is 0 Å². The van der Waals surface area contributed by atoms with Crippen LogP contribution in [0, 0.1) is 0 Å². The summed E-state index contributed by atoms with van der Waals surface area (Å²) < 4.78 is 0. The van der Waals surface area contributed by atoms with Gasteiger partial charge in [-0.3, -0.25) is 4.79 Å². The Morgan fingerprint density at radius 1 is 1.83 bits per heavy atom. The average Bonchev–Trinajstić information content (AvgIpc) is 2.33. The first-order valence-electron chi connectivity index (χ1n) is 3.24. The first-order valence-corrected chi connectivity index (χ1v) is 4.49. The summed E-state index contributed by atoms with van der Waals surface area (Å²) in [4.78, 5) is 15.0. The van der Waals surface area contributed by atoms with Crippen LogP contribution in [-0.2, 0) is 4.79 Å². The monoisotopic (exact) mass is 205 g/mol. The van der Waals surface area contributed by atoms with E-state index in [4.69, 9.17) is 23.1 Å². The summed E-state index contributed by atoms with van der Waals surface area (Å²) in [5.74, 6) is -0.438. The fourth-order valence-electron chi connectivity index (χ4n) is 0.791. The minimum Gasteiger partial charge on any atom is -0.370 e. The van der Waals surface area contributed by atoms with Crippen molar-refractivity contribution in [2.24, 2.45) is 11.5 Å². The molecule has 0 aliphatic heterocycles. The van der Waals surface area contributed by atoms with Gasteiger partial charge in [0.25, 0.3) is 0 Å². The molecule has 1 rings (SSSR count). The van der Waals surface area contributed by atoms with Crippen LogP contribution in [0.4, 0.5) is 0 Å². The van der Waals surface area contributed by atoms with Gasteiger partial charge in [-0.25, -0.2) is 4.98 Å². The van der Waals surface area contributed by atoms with Crippen molar-refractivity contribution >= 4 is 28.8 Å². The zero-order valence-corrected chi connectivity index (χ0v) is 7.73. The fraction of sp³-hybridized carbons (Fsp3) is 0.333. The largest absolute Gasteiger partial charge is 0.370 e. The van der Waals surface area contributed by atoms with E-state index in [0.29, 0.717) is 10.0 Å². The molecule has 1 atom stereocenters. The van der Waals surface area contributed by atoms with E-state index in [-0.39, 0.29) is 6.42 Å². The highest BCUT2D eigenvalue weighted by molar-refractivity contribution is 7.10. The van der Waals surface area contributed by atoms with Crippen molar-refractivity contribution in [2.75, 3.05) is 0 Å². The van der Waals surface area contributed by atoms with E-state index in [1.807, 2.05) is 0 Å². The molecule has 0 saturated carbocycles. The number of amides is 1. The molecule has 6 heteroatoms. The third kappa shape index (κ3) is 2.17. The molecule has 12 heavy (non-hydrogen) atoms. The lowest BCUT2D eigenvalue weighted by atomic mass is 10.2. The Morgan fingerprint density at radius 2 is 2.50 bits per heavy atom. The Bertz CT molecular complexity index is 288. The molecule has 1 aromatic heterocycles. The van der Waals surface area contributed by atoms with E-state index >= 15 is 0 Å². The van der Waals surface area contributed by atoms with Crippen LogP contribution in [0.5, 0.6) is 0 Å². The number of nitrogens with zero attached hydrogens (tertiary/aromatic N) is 1. The molecule has 0 aliphatic rings. The smallest absolute Gasteiger partial charge is 0.219 e. The second-order valence-electron chi connectivity index (χ2n) is 2.28. The predicted octanol–water partition coefficient (Wildman–Crippen LogP) is 0.672. The van der Waals surface area contributed by atoms with E-state index < -0.39 is 11.9 Å². The van der Waals surface area contributed by atoms with Gasteiger partial charge in [0.05, 0.1) is 16.4 Å². The van der Waals surface area contributed by atoms with E-state index in [0.717, 1.165) is 0 Å². The van der Waals surface area contributed by atoms with Gasteiger partial charge in [0.1, 0.15) is 5.15 Å². The zero-order chi connectivity index (χ0) is 9.14. The molecular formula is C6H8ClN3OS. The number of aromatic nitrogens is 1. The molecule has 1 amide bonds. The molecule has 1 heterocycles. The van der Waals surface area contributed by atoms with Gasteiger partial charge in [-0.2, -0.15) is 0 Å². The quantitative estimate of drug-likeness (QED) is 0.761. The van der Waals surface area contributed by atoms with Gasteiger partial charge >= 0.3 is 0 Å². The van der Waals surface area contributed by atoms with E-state index in [1.165, 1.54) is 11.3 Å². The maximum absolute atomic E-state index is 10.5. The number of hydrogen-bond acceptors (Lipinski definition) is 4. The van der Waals surface area contributed by atoms with Crippen LogP contribution in [0.2, 0.25) is 5.15 Å². The Labute approximate surface area is 78.5 Å². The lowest BCUT2D eigenvalue weighted by Gasteiger charge is -2.05. The molecule has 4 nitrogen and oxygen atoms in total. The molecule has 0 radical (unpaired) electrons. The van der Waals surface area contributed by atoms with Crippen molar-refractivity contribution in [3.8, 4) is 0 Å². The predicted molar refractivity (Wildman–Crippen MR) is 47.9 cm³/mol. The number of halogens is 1. The summed E-state index contributed by atoms with van der Waals surface area (Å²) in [7, 11) is 0. The van der Waals surface area contributed by atoms with Crippen LogP contribution >= 0.6 is 22.9 Å². The molecular weight excluding hydrogens is 198 g/mol. The van der Waals surface area contributed by atoms with Gasteiger partial charge in [0.2, 0.25) is 5.91 Å². The minimum absolute atomic E-state index is 0.0991. The first kappa shape index (κ1) is 9.44. The highest BCUT2D eigenvalue weighted by Crippen LogP contribution is 2.25. The summed E-state index contributed by atoms with van der Waals surface area (Å²) in [6.45, 7) is 0. The van der Waals surface area contributed by atoms with Gasteiger partial charge in [0, 0.05) is 6.42 Å². The van der Waals surface area contributed by atoms with Crippen LogP contribution in [-0.4, -0.2) is 10.9 Å². The lowest BCUT2D eigenvalue weighted by Crippen LogP contribution is -2.20. The lowest BCUT2D eigenvalue weighted by molar-refractivity contribution is -0.118. The highest BCUT2D eigenvalue weighted by atomic mass is 35.5. The number of nitrogens with two attached hydrogens (primary N) is 2. The fourth-order valence-corrected chi connectivity index (χ4v) is 1.85. The van der Waals surface area contributed by atoms with Crippen LogP contribution in [0.1, 0.15) is 17.3 Å². The molecule has 1 unspecified atom stereocenters. The molecule has 0 bridgehead atoms. The molecule has 0 aliphatic carbocycles. The Hall–Kier alpha value is -0.650. The SMILES string of the molecule is NC(=O)CC(N)c1scnc1Cl. The Kier molecular flexibility index (Phi) is 3.02. The number of carbonyl (C=O) groups excluding carboxylic acids is 1. The number of primary amides is 1. The summed E-state index contributed by atoms with van der Waals surface area (Å²) in [6, 6.07) is -0.428. The number of rotatable bonds is 3. The van der Waals surface area contributed by atoms with Gasteiger partial charge in [0.15, 0.2) is 0 Å². The first-order chi connectivity index (χ1) is 5.61. The van der Waals surface area contributed by atoms with Crippen molar-refractivity contribution in [3.63, 3.8) is 0 Å². The van der Waals surface area contributed by atoms with Crippen LogP contribution in [0.25, 0.3) is 0 Å². The molecule has 4 N–H and O–H groups in total. The third-order valence-corrected chi connectivity index (χ3v) is 2.68. The van der Waals surface area contributed by atoms with E-state index in [1.54, 1.807) is 5.51 Å². The topological polar surface area (TPSA) is 82.0 Å². The zero-order valence-electron chi connectivity index (χ0n) is 6.16. The number of thiazole rings is 1. The van der Waals surface area contributed by atoms with Gasteiger partial charge < -0.3 is 11.5 Å². The van der Waals surface area contributed by atoms with Crippen molar-refractivity contribution in [1.82, 2.24) is 4.98 Å². The molecule has 0 spiro atoms. The molecule has 0 aromatic carbocycles. The third-order valence-electron chi connectivity index (χ3n) is 1.31. The van der Waals surface area contributed by atoms with Gasteiger partial charge in [-0.15, -0.1) is 11.3 Å². The van der Waals surface area contributed by atoms with Crippen LogP contribution in [0.3, 0.4) is 0 Å². The second kappa shape index (κ2) is 3.84. The normalized spacial score (nSPS) is 12.8. The molecule has 0 fully saturated rings. The maximum Gasteiger partial charge on any atom is 0.219 e. The average molecular weight is 206 g/mol.